The van der Waals surface area contributed by atoms with Crippen molar-refractivity contribution in [2.75, 3.05) is 4.90 Å². The topological polar surface area (TPSA) is 80.8 Å². The highest BCUT2D eigenvalue weighted by Gasteiger charge is 2.73. The van der Waals surface area contributed by atoms with Gasteiger partial charge < -0.3 is 4.74 Å². The van der Waals surface area contributed by atoms with Gasteiger partial charge in [0, 0.05) is 5.56 Å². The zero-order valence-corrected chi connectivity index (χ0v) is 23.8. The molecule has 4 aromatic rings. The van der Waals surface area contributed by atoms with Crippen LogP contribution in [0.1, 0.15) is 49.9 Å². The highest BCUT2D eigenvalue weighted by atomic mass is 35.5. The van der Waals surface area contributed by atoms with E-state index >= 15 is 0 Å². The molecule has 0 radical (unpaired) electrons. The van der Waals surface area contributed by atoms with Gasteiger partial charge >= 0.3 is 5.97 Å². The Morgan fingerprint density at radius 2 is 1.10 bits per heavy atom. The molecule has 0 N–H and O–H groups in total. The third-order valence-corrected chi connectivity index (χ3v) is 9.94. The fraction of sp³-hybridized carbons (Fsp3) is 0.176. The third-order valence-electron chi connectivity index (χ3n) is 8.66. The summed E-state index contributed by atoms with van der Waals surface area (Å²) in [6.45, 7) is 1.51. The number of benzene rings is 4. The van der Waals surface area contributed by atoms with Crippen molar-refractivity contribution in [3.05, 3.63) is 137 Å². The molecule has 6 nitrogen and oxygen atoms in total. The quantitative estimate of drug-likeness (QED) is 0.118. The van der Waals surface area contributed by atoms with E-state index in [0.29, 0.717) is 5.56 Å². The van der Waals surface area contributed by atoms with Gasteiger partial charge in [0.15, 0.2) is 6.10 Å². The van der Waals surface area contributed by atoms with Crippen LogP contribution < -0.4 is 4.90 Å². The van der Waals surface area contributed by atoms with E-state index in [4.69, 9.17) is 27.9 Å². The number of alkyl halides is 2. The van der Waals surface area contributed by atoms with Crippen LogP contribution in [0.5, 0.6) is 0 Å². The lowest BCUT2D eigenvalue weighted by molar-refractivity contribution is -0.122. The predicted molar refractivity (Wildman–Crippen MR) is 158 cm³/mol. The van der Waals surface area contributed by atoms with Crippen LogP contribution in [-0.2, 0) is 24.1 Å². The summed E-state index contributed by atoms with van der Waals surface area (Å²) in [7, 11) is 0. The molecular formula is C34H23Cl2NO5. The van der Waals surface area contributed by atoms with Crippen molar-refractivity contribution in [3.8, 4) is 0 Å². The van der Waals surface area contributed by atoms with Crippen molar-refractivity contribution in [1.82, 2.24) is 0 Å². The van der Waals surface area contributed by atoms with E-state index in [-0.39, 0.29) is 17.0 Å². The summed E-state index contributed by atoms with van der Waals surface area (Å²) in [5.41, 5.74) is 3.79. The molecule has 8 heteroatoms. The maximum atomic E-state index is 14.1. The maximum Gasteiger partial charge on any atom is 0.338 e. The van der Waals surface area contributed by atoms with Crippen LogP contribution in [0, 0.1) is 11.8 Å². The van der Waals surface area contributed by atoms with Crippen molar-refractivity contribution in [1.29, 1.82) is 0 Å². The molecule has 1 aliphatic heterocycles. The van der Waals surface area contributed by atoms with Crippen molar-refractivity contribution in [2.45, 2.75) is 22.8 Å². The number of rotatable bonds is 5. The van der Waals surface area contributed by atoms with Crippen LogP contribution in [0.3, 0.4) is 0 Å². The first-order valence-electron chi connectivity index (χ1n) is 13.5. The number of ketones is 1. The molecule has 208 valence electrons. The minimum Gasteiger partial charge on any atom is -0.451 e. The molecule has 4 aliphatic rings. The number of amides is 2. The van der Waals surface area contributed by atoms with E-state index in [1.165, 1.54) is 31.2 Å². The molecule has 8 rings (SSSR count). The molecule has 4 aromatic carbocycles. The molecule has 42 heavy (non-hydrogen) atoms. The molecule has 0 aromatic heterocycles. The Kier molecular flexibility index (Phi) is 5.95. The molecule has 0 saturated carbocycles. The average Bonchev–Trinajstić information content (AvgIpc) is 3.30. The number of halogens is 2. The Labute approximate surface area is 251 Å². The lowest BCUT2D eigenvalue weighted by Gasteiger charge is -2.54. The fourth-order valence-electron chi connectivity index (χ4n) is 6.79. The van der Waals surface area contributed by atoms with Gasteiger partial charge in [-0.2, -0.15) is 0 Å². The summed E-state index contributed by atoms with van der Waals surface area (Å²) >= 11 is 14.9. The zero-order chi connectivity index (χ0) is 29.4. The Hall–Kier alpha value is -4.26. The highest BCUT2D eigenvalue weighted by molar-refractivity contribution is 6.38. The van der Waals surface area contributed by atoms with E-state index in [1.807, 2.05) is 48.5 Å². The number of imide groups is 1. The first kappa shape index (κ1) is 26.6. The number of carbonyl (C=O) groups is 4. The Morgan fingerprint density at radius 1 is 0.667 bits per heavy atom. The highest BCUT2D eigenvalue weighted by Crippen LogP contribution is 2.69. The monoisotopic (exact) mass is 595 g/mol. The fourth-order valence-corrected chi connectivity index (χ4v) is 7.89. The SMILES string of the molecule is C[C@H](OC(=O)c1ccc(N2C(=O)[C@H]3[C@H](C2=O)C2(Cl)c4ccccc4C3(Cl)c3ccccc32)cc1)C(=O)c1ccccc1. The van der Waals surface area contributed by atoms with Crippen LogP contribution in [0.25, 0.3) is 0 Å². The van der Waals surface area contributed by atoms with E-state index in [2.05, 4.69) is 0 Å². The summed E-state index contributed by atoms with van der Waals surface area (Å²) in [5, 5.41) is 0. The molecule has 0 unspecified atom stereocenters. The van der Waals surface area contributed by atoms with E-state index in [1.54, 1.807) is 30.3 Å². The van der Waals surface area contributed by atoms with E-state index < -0.39 is 45.5 Å². The van der Waals surface area contributed by atoms with Gasteiger partial charge in [0.05, 0.1) is 23.1 Å². The molecule has 1 fully saturated rings. The van der Waals surface area contributed by atoms with Crippen molar-refractivity contribution >= 4 is 52.5 Å². The number of carbonyl (C=O) groups excluding carboxylic acids is 4. The van der Waals surface area contributed by atoms with Crippen LogP contribution >= 0.6 is 23.2 Å². The Morgan fingerprint density at radius 3 is 1.55 bits per heavy atom. The van der Waals surface area contributed by atoms with Gasteiger partial charge in [-0.15, -0.1) is 23.2 Å². The molecule has 3 aliphatic carbocycles. The summed E-state index contributed by atoms with van der Waals surface area (Å²) < 4.78 is 5.40. The lowest BCUT2D eigenvalue weighted by Crippen LogP contribution is -2.57. The van der Waals surface area contributed by atoms with Gasteiger partial charge in [0.25, 0.3) is 0 Å². The molecule has 0 spiro atoms. The minimum atomic E-state index is -1.28. The second-order valence-corrected chi connectivity index (χ2v) is 12.0. The third kappa shape index (κ3) is 3.45. The summed E-state index contributed by atoms with van der Waals surface area (Å²) in [5.74, 6) is -3.78. The molecule has 3 atom stereocenters. The smallest absolute Gasteiger partial charge is 0.338 e. The molecule has 2 amide bonds. The number of anilines is 1. The molecular weight excluding hydrogens is 573 g/mol. The van der Waals surface area contributed by atoms with Crippen LogP contribution in [0.4, 0.5) is 5.69 Å². The van der Waals surface area contributed by atoms with Crippen molar-refractivity contribution < 1.29 is 23.9 Å². The Balaban J connectivity index is 1.20. The van der Waals surface area contributed by atoms with Gasteiger partial charge in [0.1, 0.15) is 9.75 Å². The van der Waals surface area contributed by atoms with Gasteiger partial charge in [-0.3, -0.25) is 14.4 Å². The molecule has 1 heterocycles. The van der Waals surface area contributed by atoms with Crippen molar-refractivity contribution in [2.24, 2.45) is 11.8 Å². The van der Waals surface area contributed by atoms with Gasteiger partial charge in [0.2, 0.25) is 17.6 Å². The number of nitrogens with zero attached hydrogens (tertiary/aromatic N) is 1. The lowest BCUT2D eigenvalue weighted by atomic mass is 9.54. The Bertz CT molecular complexity index is 1680. The normalized spacial score (nSPS) is 25.8. The number of hydrogen-bond donors (Lipinski definition) is 0. The van der Waals surface area contributed by atoms with Crippen LogP contribution in [0.15, 0.2) is 103 Å². The largest absolute Gasteiger partial charge is 0.451 e. The van der Waals surface area contributed by atoms with Crippen molar-refractivity contribution in [3.63, 3.8) is 0 Å². The summed E-state index contributed by atoms with van der Waals surface area (Å²) in [6, 6.07) is 29.4. The molecule has 2 bridgehead atoms. The zero-order valence-electron chi connectivity index (χ0n) is 22.3. The standard InChI is InChI=1S/C34H23Cl2NO5/c1-19(29(38)20-9-3-2-4-10-20)42-32(41)21-15-17-22(18-16-21)37-30(39)27-28(31(37)40)34(36)24-12-6-5-11-23(24)33(27,35)25-13-7-8-14-26(25)34/h2-19,27-28H,1H3/t19-,27+,28+,33?,34?/m0/s1. The van der Waals surface area contributed by atoms with Crippen LogP contribution in [0.2, 0.25) is 0 Å². The maximum absolute atomic E-state index is 14.1. The summed E-state index contributed by atoms with van der Waals surface area (Å²) in [6.07, 6.45) is -0.997. The molecule has 1 saturated heterocycles. The number of esters is 1. The first-order chi connectivity index (χ1) is 20.2. The van der Waals surface area contributed by atoms with Gasteiger partial charge in [-0.1, -0.05) is 78.9 Å². The minimum absolute atomic E-state index is 0.172. The number of ether oxygens (including phenoxy) is 1. The second-order valence-electron chi connectivity index (χ2n) is 10.8. The average molecular weight is 596 g/mol. The second kappa shape index (κ2) is 9.38. The van der Waals surface area contributed by atoms with Gasteiger partial charge in [-0.25, -0.2) is 9.69 Å². The first-order valence-corrected chi connectivity index (χ1v) is 14.3. The van der Waals surface area contributed by atoms with Crippen LogP contribution in [-0.4, -0.2) is 29.7 Å². The van der Waals surface area contributed by atoms with E-state index in [9.17, 15) is 19.2 Å². The predicted octanol–water partition coefficient (Wildman–Crippen LogP) is 6.21. The summed E-state index contributed by atoms with van der Waals surface area (Å²) in [4.78, 5) is 52.3. The van der Waals surface area contributed by atoms with Gasteiger partial charge in [-0.05, 0) is 53.4 Å². The number of Topliss-reactive ketones (excluding diaryl/α,β-unsaturated/α-hetero) is 1. The number of hydrogen-bond acceptors (Lipinski definition) is 5. The van der Waals surface area contributed by atoms with E-state index in [0.717, 1.165) is 27.2 Å².